The number of nitrogens with two attached hydrogens (primary N) is 1. The Morgan fingerprint density at radius 3 is 2.45 bits per heavy atom. The van der Waals surface area contributed by atoms with Gasteiger partial charge < -0.3 is 31.1 Å². The molecule has 6 atom stereocenters. The zero-order valence-electron chi connectivity index (χ0n) is 37.1. The topological polar surface area (TPSA) is 184 Å². The van der Waals surface area contributed by atoms with E-state index in [2.05, 4.69) is 27.7 Å². The maximum atomic E-state index is 14.9. The second kappa shape index (κ2) is 23.6. The predicted octanol–water partition coefficient (Wildman–Crippen LogP) is 6.97. The number of ether oxygens (including phenoxy) is 1. The van der Waals surface area contributed by atoms with Gasteiger partial charge in [0.25, 0.3) is 5.91 Å². The summed E-state index contributed by atoms with van der Waals surface area (Å²) in [4.78, 5) is 75.4. The van der Waals surface area contributed by atoms with Crippen LogP contribution in [0.25, 0.3) is 0 Å². The highest BCUT2D eigenvalue weighted by Gasteiger charge is 2.38. The lowest BCUT2D eigenvalue weighted by Crippen LogP contribution is -2.59. The Morgan fingerprint density at radius 1 is 1.13 bits per heavy atom. The highest BCUT2D eigenvalue weighted by Crippen LogP contribution is 2.32. The number of carboxylic acid groups (broad SMARTS) is 1. The Morgan fingerprint density at radius 2 is 1.85 bits per heavy atom. The van der Waals surface area contributed by atoms with Gasteiger partial charge in [-0.25, -0.2) is 9.37 Å². The third-order valence-electron chi connectivity index (χ3n) is 11.6. The Labute approximate surface area is 360 Å². The first-order valence-corrected chi connectivity index (χ1v) is 22.3. The van der Waals surface area contributed by atoms with Crippen molar-refractivity contribution in [3.05, 3.63) is 57.8 Å². The summed E-state index contributed by atoms with van der Waals surface area (Å²) in [6.45, 7) is 15.8. The van der Waals surface area contributed by atoms with Gasteiger partial charge in [-0.15, -0.1) is 11.3 Å². The molecule has 1 aromatic heterocycles. The van der Waals surface area contributed by atoms with Gasteiger partial charge in [-0.05, 0) is 102 Å². The molecule has 15 heteroatoms. The standard InChI is InChI=1S/C45H69FN6O7S/c1-10-12-13-15-21-52(43(56)39(29(5)11-2)50-41(55)37-17-14-16-20-51(37)9)38(28(3)4)24-32(26-59-30(6)53)42-49-36(27-60-42)40(54)48-33(25-45(7,8)44(57)58)22-31-18-19-35(47)34(46)23-31/h12-13,18-19,23,27-29,32-33,37-39H,10-11,14-17,20-22,24-26,47H2,1-9H3,(H,48,54)(H,50,55)(H,57,58)/b13-12+/t29-,32-,33+,37+,38+,39-/m0/s1. The van der Waals surface area contributed by atoms with Crippen molar-refractivity contribution in [2.45, 2.75) is 143 Å². The number of anilines is 1. The fourth-order valence-electron chi connectivity index (χ4n) is 7.66. The van der Waals surface area contributed by atoms with E-state index < -0.39 is 47.1 Å². The predicted molar refractivity (Wildman–Crippen MR) is 234 cm³/mol. The van der Waals surface area contributed by atoms with Gasteiger partial charge in [0.05, 0.1) is 17.1 Å². The zero-order chi connectivity index (χ0) is 44.7. The van der Waals surface area contributed by atoms with Gasteiger partial charge in [-0.3, -0.25) is 28.9 Å². The van der Waals surface area contributed by atoms with Gasteiger partial charge in [0.1, 0.15) is 29.2 Å². The van der Waals surface area contributed by atoms with Gasteiger partial charge in [-0.1, -0.05) is 65.7 Å². The van der Waals surface area contributed by atoms with Gasteiger partial charge >= 0.3 is 11.9 Å². The van der Waals surface area contributed by atoms with Crippen LogP contribution >= 0.6 is 11.3 Å². The number of benzene rings is 1. The number of aromatic nitrogens is 1. The number of nitrogen functional groups attached to an aromatic ring is 1. The molecule has 1 fully saturated rings. The molecule has 1 aromatic carbocycles. The van der Waals surface area contributed by atoms with Gasteiger partial charge in [0.15, 0.2) is 0 Å². The number of piperidine rings is 1. The van der Waals surface area contributed by atoms with Crippen LogP contribution in [0.5, 0.6) is 0 Å². The molecule has 0 aliphatic carbocycles. The molecule has 0 bridgehead atoms. The lowest BCUT2D eigenvalue weighted by molar-refractivity contribution is -0.147. The lowest BCUT2D eigenvalue weighted by atomic mass is 9.84. The number of aliphatic carboxylic acids is 1. The van der Waals surface area contributed by atoms with E-state index in [9.17, 15) is 33.5 Å². The molecule has 5 N–H and O–H groups in total. The van der Waals surface area contributed by atoms with Crippen molar-refractivity contribution in [2.75, 3.05) is 32.5 Å². The van der Waals surface area contributed by atoms with Crippen molar-refractivity contribution in [1.29, 1.82) is 0 Å². The fourth-order valence-corrected chi connectivity index (χ4v) is 8.56. The summed E-state index contributed by atoms with van der Waals surface area (Å²) < 4.78 is 20.0. The average molecular weight is 857 g/mol. The molecule has 1 aliphatic rings. The summed E-state index contributed by atoms with van der Waals surface area (Å²) in [5, 5.41) is 18.1. The van der Waals surface area contributed by atoms with E-state index in [0.29, 0.717) is 36.4 Å². The first-order chi connectivity index (χ1) is 28.3. The van der Waals surface area contributed by atoms with E-state index >= 15 is 0 Å². The van der Waals surface area contributed by atoms with Crippen molar-refractivity contribution < 1.29 is 38.2 Å². The van der Waals surface area contributed by atoms with E-state index in [0.717, 1.165) is 32.2 Å². The summed E-state index contributed by atoms with van der Waals surface area (Å²) in [6.07, 6.45) is 9.52. The molecule has 1 aliphatic heterocycles. The number of hydrogen-bond donors (Lipinski definition) is 4. The maximum absolute atomic E-state index is 14.9. The van der Waals surface area contributed by atoms with E-state index in [1.54, 1.807) is 25.3 Å². The van der Waals surface area contributed by atoms with Crippen LogP contribution in [-0.4, -0.2) is 100 Å². The average Bonchev–Trinajstić information content (AvgIpc) is 3.68. The summed E-state index contributed by atoms with van der Waals surface area (Å²) in [5.41, 5.74) is 5.07. The molecule has 3 amide bonds. The Balaban J connectivity index is 1.98. The minimum absolute atomic E-state index is 0.0196. The number of nitrogens with zero attached hydrogens (tertiary/aromatic N) is 3. The van der Waals surface area contributed by atoms with Gasteiger partial charge in [-0.2, -0.15) is 0 Å². The molecule has 0 unspecified atom stereocenters. The van der Waals surface area contributed by atoms with Crippen LogP contribution in [0, 0.1) is 23.1 Å². The maximum Gasteiger partial charge on any atom is 0.309 e. The highest BCUT2D eigenvalue weighted by atomic mass is 32.1. The summed E-state index contributed by atoms with van der Waals surface area (Å²) in [7, 11) is 1.95. The number of esters is 1. The summed E-state index contributed by atoms with van der Waals surface area (Å²) in [6, 6.07) is 2.23. The lowest BCUT2D eigenvalue weighted by Gasteiger charge is -2.40. The first kappa shape index (κ1) is 50.0. The summed E-state index contributed by atoms with van der Waals surface area (Å²) in [5.74, 6) is -3.68. The van der Waals surface area contributed by atoms with Gasteiger partial charge in [0.2, 0.25) is 11.8 Å². The monoisotopic (exact) mass is 856 g/mol. The van der Waals surface area contributed by atoms with Crippen LogP contribution in [-0.2, 0) is 30.3 Å². The van der Waals surface area contributed by atoms with Crippen LogP contribution in [0.2, 0.25) is 0 Å². The second-order valence-electron chi connectivity index (χ2n) is 17.3. The third kappa shape index (κ3) is 14.7. The number of hydrogen-bond acceptors (Lipinski definition) is 10. The van der Waals surface area contributed by atoms with E-state index in [-0.39, 0.29) is 66.6 Å². The normalized spacial score (nSPS) is 17.4. The Kier molecular flexibility index (Phi) is 19.6. The minimum atomic E-state index is -1.21. The number of likely N-dealkylation sites (tertiary alicyclic amines) is 1. The number of nitrogens with one attached hydrogen (secondary N) is 2. The smallest absolute Gasteiger partial charge is 0.309 e. The second-order valence-corrected chi connectivity index (χ2v) is 18.2. The molecule has 0 saturated carbocycles. The van der Waals surface area contributed by atoms with Crippen molar-refractivity contribution in [3.8, 4) is 0 Å². The molecule has 13 nitrogen and oxygen atoms in total. The van der Waals surface area contributed by atoms with Crippen LogP contribution in [0.1, 0.15) is 134 Å². The van der Waals surface area contributed by atoms with Crippen LogP contribution < -0.4 is 16.4 Å². The molecule has 0 radical (unpaired) electrons. The van der Waals surface area contributed by atoms with E-state index in [4.69, 9.17) is 15.5 Å². The number of amides is 3. The number of thiazole rings is 1. The number of carboxylic acids is 1. The molecule has 60 heavy (non-hydrogen) atoms. The molecular weight excluding hydrogens is 788 g/mol. The molecular formula is C45H69FN6O7S. The fraction of sp³-hybridized carbons (Fsp3) is 0.644. The number of rotatable bonds is 23. The Bertz CT molecular complexity index is 1780. The molecule has 334 valence electrons. The van der Waals surface area contributed by atoms with Crippen LogP contribution in [0.15, 0.2) is 35.7 Å². The van der Waals surface area contributed by atoms with Crippen LogP contribution in [0.4, 0.5) is 10.1 Å². The number of allylic oxidation sites excluding steroid dienone is 1. The highest BCUT2D eigenvalue weighted by molar-refractivity contribution is 7.09. The molecule has 3 rings (SSSR count). The number of likely N-dealkylation sites (N-methyl/N-ethyl adjacent to an activating group) is 1. The SMILES string of the molecule is CC/C=C/CCN(C(=O)[C@@H](NC(=O)[C@H]1CCCCN1C)[C@@H](C)CC)[C@H](C[C@@H](COC(C)=O)c1nc(C(=O)N[C@H](Cc2ccc(N)c(F)c2)CC(C)(C)C(=O)O)cs1)C(C)C. The zero-order valence-corrected chi connectivity index (χ0v) is 37.9. The largest absolute Gasteiger partial charge is 0.481 e. The number of carbonyl (C=O) groups is 5. The Hall–Kier alpha value is -4.37. The third-order valence-corrected chi connectivity index (χ3v) is 12.6. The number of halogens is 1. The van der Waals surface area contributed by atoms with Crippen molar-refractivity contribution in [3.63, 3.8) is 0 Å². The van der Waals surface area contributed by atoms with E-state index in [1.165, 1.54) is 30.4 Å². The van der Waals surface area contributed by atoms with Crippen LogP contribution in [0.3, 0.4) is 0 Å². The quantitative estimate of drug-likeness (QED) is 0.0517. The molecule has 2 heterocycles. The van der Waals surface area contributed by atoms with Crippen molar-refractivity contribution in [1.82, 2.24) is 25.4 Å². The minimum Gasteiger partial charge on any atom is -0.481 e. The van der Waals surface area contributed by atoms with Crippen molar-refractivity contribution >= 4 is 46.7 Å². The van der Waals surface area contributed by atoms with Gasteiger partial charge in [0, 0.05) is 36.9 Å². The molecule has 1 saturated heterocycles. The summed E-state index contributed by atoms with van der Waals surface area (Å²) >= 11 is 1.23. The first-order valence-electron chi connectivity index (χ1n) is 21.4. The van der Waals surface area contributed by atoms with Crippen molar-refractivity contribution in [2.24, 2.45) is 17.3 Å². The molecule has 2 aromatic rings. The molecule has 0 spiro atoms. The van der Waals surface area contributed by atoms with E-state index in [1.807, 2.05) is 46.6 Å². The number of carbonyl (C=O) groups excluding carboxylic acids is 4.